The fourth-order valence-corrected chi connectivity index (χ4v) is 4.48. The number of methoxy groups -OCH3 is 3. The van der Waals surface area contributed by atoms with E-state index in [4.69, 9.17) is 23.5 Å². The third-order valence-electron chi connectivity index (χ3n) is 6.50. The average Bonchev–Trinajstić information content (AvgIpc) is 3.22. The number of carbonyl (C=O) groups is 2. The van der Waals surface area contributed by atoms with Crippen LogP contribution in [-0.4, -0.2) is 49.8 Å². The van der Waals surface area contributed by atoms with Gasteiger partial charge in [-0.2, -0.15) is 0 Å². The predicted molar refractivity (Wildman–Crippen MR) is 130 cm³/mol. The lowest BCUT2D eigenvalue weighted by molar-refractivity contribution is -0.141. The first-order chi connectivity index (χ1) is 17.4. The van der Waals surface area contributed by atoms with Gasteiger partial charge in [0.1, 0.15) is 18.1 Å². The fourth-order valence-electron chi connectivity index (χ4n) is 4.48. The maximum absolute atomic E-state index is 13.7. The molecule has 1 aliphatic heterocycles. The Kier molecular flexibility index (Phi) is 7.47. The predicted octanol–water partition coefficient (Wildman–Crippen LogP) is 4.19. The molecule has 2 aromatic carbocycles. The smallest absolute Gasteiger partial charge is 0.307 e. The number of fused-ring (bicyclic) bond motifs is 1. The number of hydrogen-bond acceptors (Lipinski definition) is 8. The van der Waals surface area contributed by atoms with Crippen molar-refractivity contribution in [3.63, 3.8) is 0 Å². The molecule has 0 spiro atoms. The lowest BCUT2D eigenvalue weighted by Gasteiger charge is -2.37. The molecule has 3 aromatic rings. The van der Waals surface area contributed by atoms with E-state index in [1.807, 2.05) is 26.0 Å². The highest BCUT2D eigenvalue weighted by atomic mass is 16.5. The van der Waals surface area contributed by atoms with Gasteiger partial charge in [-0.15, -0.1) is 0 Å². The van der Waals surface area contributed by atoms with Gasteiger partial charge in [-0.1, -0.05) is 11.2 Å². The Bertz CT molecular complexity index is 1250. The molecule has 0 fully saturated rings. The first kappa shape index (κ1) is 25.1. The van der Waals surface area contributed by atoms with Gasteiger partial charge < -0.3 is 28.4 Å². The van der Waals surface area contributed by atoms with Gasteiger partial charge in [-0.05, 0) is 61.7 Å². The van der Waals surface area contributed by atoms with E-state index in [2.05, 4.69) is 5.16 Å². The Balaban J connectivity index is 1.62. The molecule has 0 bridgehead atoms. The van der Waals surface area contributed by atoms with Crippen LogP contribution in [0.2, 0.25) is 0 Å². The maximum Gasteiger partial charge on any atom is 0.307 e. The second kappa shape index (κ2) is 10.7. The van der Waals surface area contributed by atoms with Crippen LogP contribution < -0.4 is 14.2 Å². The molecule has 1 unspecified atom stereocenters. The monoisotopic (exact) mass is 494 g/mol. The summed E-state index contributed by atoms with van der Waals surface area (Å²) >= 11 is 0. The zero-order valence-corrected chi connectivity index (χ0v) is 21.1. The van der Waals surface area contributed by atoms with Crippen LogP contribution in [-0.2, 0) is 22.6 Å². The van der Waals surface area contributed by atoms with Crippen molar-refractivity contribution in [3.05, 3.63) is 70.1 Å². The molecule has 0 saturated carbocycles. The molecule has 0 N–H and O–H groups in total. The van der Waals surface area contributed by atoms with E-state index in [-0.39, 0.29) is 18.9 Å². The molecular formula is C27H30N2O7. The summed E-state index contributed by atoms with van der Waals surface area (Å²) in [6.45, 7) is 4.41. The number of hydrogen-bond donors (Lipinski definition) is 0. The summed E-state index contributed by atoms with van der Waals surface area (Å²) in [4.78, 5) is 27.7. The van der Waals surface area contributed by atoms with Crippen molar-refractivity contribution in [3.8, 4) is 17.2 Å². The van der Waals surface area contributed by atoms with Crippen molar-refractivity contribution in [1.82, 2.24) is 10.1 Å². The van der Waals surface area contributed by atoms with Gasteiger partial charge in [-0.25, -0.2) is 0 Å². The number of esters is 1. The fraction of sp³-hybridized carbons (Fsp3) is 0.370. The molecule has 1 aromatic heterocycles. The van der Waals surface area contributed by atoms with Gasteiger partial charge in [0.2, 0.25) is 0 Å². The van der Waals surface area contributed by atoms with Crippen molar-refractivity contribution < 1.29 is 33.1 Å². The molecule has 0 radical (unpaired) electrons. The number of ether oxygens (including phenoxy) is 4. The van der Waals surface area contributed by atoms with Gasteiger partial charge in [0, 0.05) is 12.1 Å². The summed E-state index contributed by atoms with van der Waals surface area (Å²) < 4.78 is 27.0. The largest absolute Gasteiger partial charge is 0.493 e. The first-order valence-corrected chi connectivity index (χ1v) is 11.6. The van der Waals surface area contributed by atoms with Gasteiger partial charge in [0.15, 0.2) is 11.5 Å². The Morgan fingerprint density at radius 3 is 2.50 bits per heavy atom. The first-order valence-electron chi connectivity index (χ1n) is 11.6. The van der Waals surface area contributed by atoms with Crippen LogP contribution in [0, 0.1) is 13.8 Å². The number of aromatic nitrogens is 1. The van der Waals surface area contributed by atoms with Gasteiger partial charge in [0.25, 0.3) is 5.91 Å². The zero-order valence-electron chi connectivity index (χ0n) is 21.1. The Morgan fingerprint density at radius 2 is 1.83 bits per heavy atom. The number of carbonyl (C=O) groups excluding carboxylic acids is 2. The van der Waals surface area contributed by atoms with Crippen LogP contribution in [0.25, 0.3) is 0 Å². The Hall–Kier alpha value is -4.01. The molecule has 9 nitrogen and oxygen atoms in total. The lowest BCUT2D eigenvalue weighted by atomic mass is 9.89. The van der Waals surface area contributed by atoms with E-state index >= 15 is 0 Å². The minimum absolute atomic E-state index is 0.0208. The van der Waals surface area contributed by atoms with Crippen molar-refractivity contribution in [2.45, 2.75) is 39.3 Å². The standard InChI is InChI=1S/C27H30N2O7/c1-16-22(17(2)36-28-16)15-35-20-8-6-7-19(11-20)27(31)29-10-9-18-12-24(32-3)25(33-4)13-21(18)23(29)14-26(30)34-5/h6-8,11-13,23H,9-10,14-15H2,1-5H3. The number of rotatable bonds is 8. The summed E-state index contributed by atoms with van der Waals surface area (Å²) in [6.07, 6.45) is 0.633. The molecule has 36 heavy (non-hydrogen) atoms. The van der Waals surface area contributed by atoms with Crippen molar-refractivity contribution in [1.29, 1.82) is 0 Å². The van der Waals surface area contributed by atoms with E-state index in [1.165, 1.54) is 7.11 Å². The lowest BCUT2D eigenvalue weighted by Crippen LogP contribution is -2.41. The number of nitrogens with zero attached hydrogens (tertiary/aromatic N) is 2. The highest BCUT2D eigenvalue weighted by Gasteiger charge is 2.34. The number of aryl methyl sites for hydroxylation is 2. The second-order valence-corrected chi connectivity index (χ2v) is 8.57. The summed E-state index contributed by atoms with van der Waals surface area (Å²) in [5.41, 5.74) is 3.95. The molecule has 9 heteroatoms. The highest BCUT2D eigenvalue weighted by Crippen LogP contribution is 2.40. The molecular weight excluding hydrogens is 464 g/mol. The zero-order chi connectivity index (χ0) is 25.8. The summed E-state index contributed by atoms with van der Waals surface area (Å²) in [7, 11) is 4.47. The highest BCUT2D eigenvalue weighted by molar-refractivity contribution is 5.95. The normalized spacial score (nSPS) is 14.7. The van der Waals surface area contributed by atoms with Crippen molar-refractivity contribution in [2.75, 3.05) is 27.9 Å². The van der Waals surface area contributed by atoms with E-state index in [9.17, 15) is 9.59 Å². The third-order valence-corrected chi connectivity index (χ3v) is 6.50. The molecule has 190 valence electrons. The van der Waals surface area contributed by atoms with Crippen LogP contribution in [0.1, 0.15) is 51.0 Å². The second-order valence-electron chi connectivity index (χ2n) is 8.57. The third kappa shape index (κ3) is 5.00. The summed E-state index contributed by atoms with van der Waals surface area (Å²) in [5.74, 6) is 1.79. The van der Waals surface area contributed by atoms with E-state index in [0.717, 1.165) is 22.4 Å². The maximum atomic E-state index is 13.7. The number of benzene rings is 2. The minimum Gasteiger partial charge on any atom is -0.493 e. The van der Waals surface area contributed by atoms with Gasteiger partial charge in [-0.3, -0.25) is 9.59 Å². The SMILES string of the molecule is COC(=O)CC1c2cc(OC)c(OC)cc2CCN1C(=O)c1cccc(OCc2c(C)noc2C)c1. The van der Waals surface area contributed by atoms with Crippen LogP contribution in [0.4, 0.5) is 0 Å². The summed E-state index contributed by atoms with van der Waals surface area (Å²) in [5, 5.41) is 3.95. The topological polar surface area (TPSA) is 100 Å². The average molecular weight is 495 g/mol. The van der Waals surface area contributed by atoms with E-state index < -0.39 is 12.0 Å². The van der Waals surface area contributed by atoms with Crippen LogP contribution in [0.15, 0.2) is 40.9 Å². The number of amides is 1. The Morgan fingerprint density at radius 1 is 1.08 bits per heavy atom. The molecule has 1 amide bonds. The quantitative estimate of drug-likeness (QED) is 0.430. The van der Waals surface area contributed by atoms with Crippen LogP contribution in [0.3, 0.4) is 0 Å². The van der Waals surface area contributed by atoms with E-state index in [1.54, 1.807) is 43.4 Å². The molecule has 4 rings (SSSR count). The summed E-state index contributed by atoms with van der Waals surface area (Å²) in [6, 6.07) is 10.2. The minimum atomic E-state index is -0.514. The van der Waals surface area contributed by atoms with Crippen LogP contribution in [0.5, 0.6) is 17.2 Å². The van der Waals surface area contributed by atoms with Gasteiger partial charge >= 0.3 is 5.97 Å². The van der Waals surface area contributed by atoms with Gasteiger partial charge in [0.05, 0.1) is 45.0 Å². The molecule has 0 saturated heterocycles. The van der Waals surface area contributed by atoms with Crippen molar-refractivity contribution >= 4 is 11.9 Å². The molecule has 0 aliphatic carbocycles. The Labute approximate surface area is 209 Å². The molecule has 2 heterocycles. The van der Waals surface area contributed by atoms with Crippen LogP contribution >= 0.6 is 0 Å². The molecule has 1 aliphatic rings. The van der Waals surface area contributed by atoms with Crippen molar-refractivity contribution in [2.24, 2.45) is 0 Å². The van der Waals surface area contributed by atoms with E-state index in [0.29, 0.717) is 41.5 Å². The molecule has 1 atom stereocenters.